The summed E-state index contributed by atoms with van der Waals surface area (Å²) >= 11 is 0. The van der Waals surface area contributed by atoms with Crippen molar-refractivity contribution >= 4 is 0 Å². The molecule has 0 aromatic heterocycles. The van der Waals surface area contributed by atoms with Crippen molar-refractivity contribution in [2.75, 3.05) is 13.4 Å². The smallest absolute Gasteiger partial charge is 0.148 e. The Morgan fingerprint density at radius 2 is 1.64 bits per heavy atom. The predicted molar refractivity (Wildman–Crippen MR) is 87.1 cm³/mol. The molecule has 0 aliphatic carbocycles. The van der Waals surface area contributed by atoms with Crippen molar-refractivity contribution in [2.24, 2.45) is 0 Å². The van der Waals surface area contributed by atoms with Gasteiger partial charge in [0.05, 0.1) is 13.2 Å². The molecule has 0 N–H and O–H groups in total. The van der Waals surface area contributed by atoms with E-state index < -0.39 is 0 Å². The fourth-order valence-electron chi connectivity index (χ4n) is 2.11. The van der Waals surface area contributed by atoms with Gasteiger partial charge in [0.2, 0.25) is 0 Å². The van der Waals surface area contributed by atoms with Crippen LogP contribution in [0.5, 0.6) is 0 Å². The molecule has 0 saturated carbocycles. The summed E-state index contributed by atoms with van der Waals surface area (Å²) < 4.78 is 16.9. The Morgan fingerprint density at radius 3 is 2.27 bits per heavy atom. The van der Waals surface area contributed by atoms with Crippen molar-refractivity contribution in [1.82, 2.24) is 0 Å². The van der Waals surface area contributed by atoms with Crippen LogP contribution >= 0.6 is 0 Å². The molecule has 116 valence electrons. The molecule has 1 atom stereocenters. The highest BCUT2D eigenvalue weighted by molar-refractivity contribution is 5.22. The molecule has 22 heavy (non-hydrogen) atoms. The monoisotopic (exact) mass is 298 g/mol. The van der Waals surface area contributed by atoms with E-state index in [2.05, 4.69) is 6.58 Å². The minimum atomic E-state index is -0.322. The lowest BCUT2D eigenvalue weighted by Crippen LogP contribution is -2.12. The third-order valence-corrected chi connectivity index (χ3v) is 3.15. The van der Waals surface area contributed by atoms with Gasteiger partial charge in [-0.05, 0) is 18.1 Å². The molecule has 2 rings (SSSR count). The van der Waals surface area contributed by atoms with Gasteiger partial charge in [0, 0.05) is 0 Å². The number of hydrogen-bond acceptors (Lipinski definition) is 3. The number of rotatable bonds is 9. The molecule has 0 radical (unpaired) electrons. The molecular formula is C19H22O3. The maximum atomic E-state index is 5.82. The van der Waals surface area contributed by atoms with E-state index in [0.717, 1.165) is 11.1 Å². The van der Waals surface area contributed by atoms with Crippen molar-refractivity contribution in [3.05, 3.63) is 84.1 Å². The van der Waals surface area contributed by atoms with Gasteiger partial charge < -0.3 is 14.2 Å². The zero-order valence-electron chi connectivity index (χ0n) is 12.9. The first-order valence-corrected chi connectivity index (χ1v) is 7.41. The van der Waals surface area contributed by atoms with Crippen molar-refractivity contribution in [3.8, 4) is 0 Å². The van der Waals surface area contributed by atoms with Crippen molar-refractivity contribution in [3.63, 3.8) is 0 Å². The Labute approximate surface area is 132 Å². The van der Waals surface area contributed by atoms with E-state index in [1.165, 1.54) is 0 Å². The van der Waals surface area contributed by atoms with Crippen LogP contribution in [0.4, 0.5) is 0 Å². The standard InChI is InChI=1S/C19H22O3/c1-3-21-16(2)19(18-12-8-5-9-13-18)22-15-20-14-17-10-6-4-7-11-17/h4-13,19H,2-3,14-15H2,1H3/t19-/m0/s1. The first-order chi connectivity index (χ1) is 10.8. The van der Waals surface area contributed by atoms with Gasteiger partial charge in [0.15, 0.2) is 0 Å². The maximum Gasteiger partial charge on any atom is 0.148 e. The molecule has 0 unspecified atom stereocenters. The minimum Gasteiger partial charge on any atom is -0.496 e. The van der Waals surface area contributed by atoms with E-state index in [9.17, 15) is 0 Å². The molecule has 0 saturated heterocycles. The van der Waals surface area contributed by atoms with E-state index in [0.29, 0.717) is 19.0 Å². The van der Waals surface area contributed by atoms with Gasteiger partial charge in [0.1, 0.15) is 18.7 Å². The molecule has 0 heterocycles. The lowest BCUT2D eigenvalue weighted by Gasteiger charge is -2.20. The summed E-state index contributed by atoms with van der Waals surface area (Å²) in [6, 6.07) is 19.9. The lowest BCUT2D eigenvalue weighted by molar-refractivity contribution is -0.0989. The highest BCUT2D eigenvalue weighted by Gasteiger charge is 2.16. The lowest BCUT2D eigenvalue weighted by atomic mass is 10.1. The van der Waals surface area contributed by atoms with E-state index in [1.54, 1.807) is 0 Å². The van der Waals surface area contributed by atoms with Crippen LogP contribution in [0, 0.1) is 0 Å². The Balaban J connectivity index is 1.88. The van der Waals surface area contributed by atoms with Crippen molar-refractivity contribution in [2.45, 2.75) is 19.6 Å². The summed E-state index contributed by atoms with van der Waals surface area (Å²) in [5.74, 6) is 0.594. The average Bonchev–Trinajstić information content (AvgIpc) is 2.57. The summed E-state index contributed by atoms with van der Waals surface area (Å²) in [5.41, 5.74) is 2.12. The Hall–Kier alpha value is -2.10. The van der Waals surface area contributed by atoms with Crippen LogP contribution in [0.15, 0.2) is 73.0 Å². The third kappa shape index (κ3) is 5.02. The molecule has 0 spiro atoms. The summed E-state index contributed by atoms with van der Waals surface area (Å²) in [6.07, 6.45) is -0.322. The van der Waals surface area contributed by atoms with Crippen LogP contribution in [-0.2, 0) is 20.8 Å². The molecule has 0 bridgehead atoms. The van der Waals surface area contributed by atoms with E-state index in [4.69, 9.17) is 14.2 Å². The number of ether oxygens (including phenoxy) is 3. The van der Waals surface area contributed by atoms with Crippen molar-refractivity contribution < 1.29 is 14.2 Å². The Kier molecular flexibility index (Phi) is 6.68. The predicted octanol–water partition coefficient (Wildman–Crippen LogP) is 4.47. The normalized spacial score (nSPS) is 11.9. The summed E-state index contributed by atoms with van der Waals surface area (Å²) in [4.78, 5) is 0. The summed E-state index contributed by atoms with van der Waals surface area (Å²) in [6.45, 7) is 7.15. The van der Waals surface area contributed by atoms with E-state index in [-0.39, 0.29) is 12.9 Å². The molecule has 2 aromatic rings. The maximum absolute atomic E-state index is 5.82. The van der Waals surface area contributed by atoms with Gasteiger partial charge in [-0.2, -0.15) is 0 Å². The van der Waals surface area contributed by atoms with Gasteiger partial charge >= 0.3 is 0 Å². The summed E-state index contributed by atoms with van der Waals surface area (Å²) in [7, 11) is 0. The van der Waals surface area contributed by atoms with Gasteiger partial charge in [0.25, 0.3) is 0 Å². The first kappa shape index (κ1) is 16.3. The van der Waals surface area contributed by atoms with Gasteiger partial charge in [-0.3, -0.25) is 0 Å². The first-order valence-electron chi connectivity index (χ1n) is 7.41. The fraction of sp³-hybridized carbons (Fsp3) is 0.263. The van der Waals surface area contributed by atoms with Gasteiger partial charge in [-0.25, -0.2) is 0 Å². The zero-order chi connectivity index (χ0) is 15.6. The topological polar surface area (TPSA) is 27.7 Å². The quantitative estimate of drug-likeness (QED) is 0.388. The Bertz CT molecular complexity index is 551. The third-order valence-electron chi connectivity index (χ3n) is 3.15. The highest BCUT2D eigenvalue weighted by Crippen LogP contribution is 2.25. The molecular weight excluding hydrogens is 276 g/mol. The Morgan fingerprint density at radius 1 is 1.00 bits per heavy atom. The van der Waals surface area contributed by atoms with E-state index >= 15 is 0 Å². The largest absolute Gasteiger partial charge is 0.496 e. The van der Waals surface area contributed by atoms with Gasteiger partial charge in [-0.1, -0.05) is 67.2 Å². The van der Waals surface area contributed by atoms with Crippen LogP contribution < -0.4 is 0 Å². The number of hydrogen-bond donors (Lipinski definition) is 0. The molecule has 3 nitrogen and oxygen atoms in total. The van der Waals surface area contributed by atoms with Crippen LogP contribution in [-0.4, -0.2) is 13.4 Å². The second kappa shape index (κ2) is 9.03. The molecule has 0 amide bonds. The second-order valence-electron chi connectivity index (χ2n) is 4.81. The van der Waals surface area contributed by atoms with Crippen LogP contribution in [0.25, 0.3) is 0 Å². The SMILES string of the molecule is C=C(OCC)[C@H](OCOCc1ccccc1)c1ccccc1. The highest BCUT2D eigenvalue weighted by atomic mass is 16.7. The van der Waals surface area contributed by atoms with Crippen LogP contribution in [0.1, 0.15) is 24.2 Å². The molecule has 0 fully saturated rings. The second-order valence-corrected chi connectivity index (χ2v) is 4.81. The molecule has 0 aliphatic rings. The van der Waals surface area contributed by atoms with Crippen LogP contribution in [0.3, 0.4) is 0 Å². The molecule has 0 aliphatic heterocycles. The van der Waals surface area contributed by atoms with Gasteiger partial charge in [-0.15, -0.1) is 0 Å². The molecule has 2 aromatic carbocycles. The van der Waals surface area contributed by atoms with E-state index in [1.807, 2.05) is 67.6 Å². The molecule has 3 heteroatoms. The van der Waals surface area contributed by atoms with Crippen LogP contribution in [0.2, 0.25) is 0 Å². The minimum absolute atomic E-state index is 0.181. The number of benzene rings is 2. The zero-order valence-corrected chi connectivity index (χ0v) is 12.9. The fourth-order valence-corrected chi connectivity index (χ4v) is 2.11. The van der Waals surface area contributed by atoms with Crippen molar-refractivity contribution in [1.29, 1.82) is 0 Å². The average molecular weight is 298 g/mol. The summed E-state index contributed by atoms with van der Waals surface area (Å²) in [5, 5.41) is 0.